The van der Waals surface area contributed by atoms with Crippen LogP contribution >= 0.6 is 0 Å². The van der Waals surface area contributed by atoms with Gasteiger partial charge >= 0.3 is 5.97 Å². The summed E-state index contributed by atoms with van der Waals surface area (Å²) in [5, 5.41) is 12.6. The number of piperidine rings is 1. The number of carbonyl (C=O) groups is 2. The van der Waals surface area contributed by atoms with Gasteiger partial charge in [-0.25, -0.2) is 0 Å². The number of aliphatic carboxylic acids is 1. The lowest BCUT2D eigenvalue weighted by Gasteiger charge is -2.28. The Morgan fingerprint density at radius 3 is 2.72 bits per heavy atom. The SMILES string of the molecule is CCC1(C(=O)O)CCN(C(=O)C2CCCCN2)C1. The van der Waals surface area contributed by atoms with Gasteiger partial charge in [-0.2, -0.15) is 0 Å². The molecule has 0 aromatic heterocycles. The number of nitrogens with one attached hydrogen (secondary N) is 1. The molecule has 1 amide bonds. The summed E-state index contributed by atoms with van der Waals surface area (Å²) < 4.78 is 0. The molecule has 0 aromatic carbocycles. The van der Waals surface area contributed by atoms with Crippen molar-refractivity contribution in [1.29, 1.82) is 0 Å². The molecule has 2 aliphatic rings. The van der Waals surface area contributed by atoms with Crippen LogP contribution < -0.4 is 5.32 Å². The molecule has 2 unspecified atom stereocenters. The molecule has 102 valence electrons. The van der Waals surface area contributed by atoms with Gasteiger partial charge in [0.2, 0.25) is 5.91 Å². The number of nitrogens with zero attached hydrogens (tertiary/aromatic N) is 1. The summed E-state index contributed by atoms with van der Waals surface area (Å²) in [5.74, 6) is -0.678. The van der Waals surface area contributed by atoms with Crippen molar-refractivity contribution in [3.63, 3.8) is 0 Å². The molecule has 2 atom stereocenters. The number of carbonyl (C=O) groups excluding carboxylic acids is 1. The normalized spacial score (nSPS) is 32.5. The van der Waals surface area contributed by atoms with Gasteiger partial charge in [0, 0.05) is 13.1 Å². The van der Waals surface area contributed by atoms with E-state index in [0.29, 0.717) is 25.9 Å². The van der Waals surface area contributed by atoms with Crippen LogP contribution in [0.2, 0.25) is 0 Å². The van der Waals surface area contributed by atoms with E-state index in [9.17, 15) is 14.7 Å². The molecule has 0 radical (unpaired) electrons. The van der Waals surface area contributed by atoms with E-state index < -0.39 is 11.4 Å². The monoisotopic (exact) mass is 254 g/mol. The van der Waals surface area contributed by atoms with Crippen LogP contribution in [0, 0.1) is 5.41 Å². The number of carboxylic acids is 1. The molecular weight excluding hydrogens is 232 g/mol. The average molecular weight is 254 g/mol. The second kappa shape index (κ2) is 5.26. The summed E-state index contributed by atoms with van der Waals surface area (Å²) >= 11 is 0. The van der Waals surface area contributed by atoms with Crippen molar-refractivity contribution < 1.29 is 14.7 Å². The van der Waals surface area contributed by atoms with E-state index in [4.69, 9.17) is 0 Å². The Hall–Kier alpha value is -1.10. The predicted octanol–water partition coefficient (Wildman–Crippen LogP) is 0.842. The lowest BCUT2D eigenvalue weighted by molar-refractivity contribution is -0.148. The molecule has 0 bridgehead atoms. The van der Waals surface area contributed by atoms with Crippen molar-refractivity contribution in [2.45, 2.75) is 45.1 Å². The van der Waals surface area contributed by atoms with E-state index in [0.717, 1.165) is 25.8 Å². The van der Waals surface area contributed by atoms with Gasteiger partial charge in [0.05, 0.1) is 11.5 Å². The highest BCUT2D eigenvalue weighted by Crippen LogP contribution is 2.34. The fourth-order valence-corrected chi connectivity index (χ4v) is 2.96. The summed E-state index contributed by atoms with van der Waals surface area (Å²) in [6, 6.07) is -0.0970. The van der Waals surface area contributed by atoms with E-state index in [1.807, 2.05) is 6.92 Å². The molecule has 2 fully saturated rings. The molecular formula is C13H22N2O3. The summed E-state index contributed by atoms with van der Waals surface area (Å²) in [5.41, 5.74) is -0.718. The maximum Gasteiger partial charge on any atom is 0.311 e. The number of hydrogen-bond donors (Lipinski definition) is 2. The Kier molecular flexibility index (Phi) is 3.90. The maximum absolute atomic E-state index is 12.3. The molecule has 5 heteroatoms. The minimum atomic E-state index is -0.767. The first kappa shape index (κ1) is 13.3. The van der Waals surface area contributed by atoms with Crippen LogP contribution in [0.5, 0.6) is 0 Å². The molecule has 0 saturated carbocycles. The van der Waals surface area contributed by atoms with E-state index >= 15 is 0 Å². The number of hydrogen-bond acceptors (Lipinski definition) is 3. The first-order valence-electron chi connectivity index (χ1n) is 6.84. The number of amides is 1. The van der Waals surface area contributed by atoms with Gasteiger partial charge in [-0.3, -0.25) is 9.59 Å². The molecule has 5 nitrogen and oxygen atoms in total. The first-order chi connectivity index (χ1) is 8.59. The van der Waals surface area contributed by atoms with Crippen LogP contribution in [0.25, 0.3) is 0 Å². The Balaban J connectivity index is 1.99. The van der Waals surface area contributed by atoms with Gasteiger partial charge < -0.3 is 15.3 Å². The van der Waals surface area contributed by atoms with Crippen LogP contribution in [0.15, 0.2) is 0 Å². The highest BCUT2D eigenvalue weighted by Gasteiger charge is 2.45. The zero-order valence-corrected chi connectivity index (χ0v) is 10.9. The van der Waals surface area contributed by atoms with Crippen molar-refractivity contribution >= 4 is 11.9 Å². The Labute approximate surface area is 108 Å². The van der Waals surface area contributed by atoms with Gasteiger partial charge in [-0.1, -0.05) is 13.3 Å². The number of carboxylic acid groups (broad SMARTS) is 1. The molecule has 0 aromatic rings. The van der Waals surface area contributed by atoms with Crippen molar-refractivity contribution in [2.24, 2.45) is 5.41 Å². The summed E-state index contributed by atoms with van der Waals surface area (Å²) in [6.07, 6.45) is 4.25. The van der Waals surface area contributed by atoms with Crippen LogP contribution in [-0.2, 0) is 9.59 Å². The maximum atomic E-state index is 12.3. The van der Waals surface area contributed by atoms with E-state index in [2.05, 4.69) is 5.32 Å². The van der Waals surface area contributed by atoms with Crippen LogP contribution in [-0.4, -0.2) is 47.6 Å². The van der Waals surface area contributed by atoms with Crippen molar-refractivity contribution in [3.05, 3.63) is 0 Å². The minimum Gasteiger partial charge on any atom is -0.481 e. The molecule has 0 aliphatic carbocycles. The highest BCUT2D eigenvalue weighted by molar-refractivity contribution is 5.84. The quantitative estimate of drug-likeness (QED) is 0.783. The molecule has 2 aliphatic heterocycles. The third kappa shape index (κ3) is 2.36. The zero-order chi connectivity index (χ0) is 13.2. The predicted molar refractivity (Wildman–Crippen MR) is 67.2 cm³/mol. The van der Waals surface area contributed by atoms with Crippen molar-refractivity contribution in [2.75, 3.05) is 19.6 Å². The first-order valence-corrected chi connectivity index (χ1v) is 6.84. The summed E-state index contributed by atoms with van der Waals surface area (Å²) in [4.78, 5) is 25.4. The van der Waals surface area contributed by atoms with Gasteiger partial charge in [-0.15, -0.1) is 0 Å². The molecule has 18 heavy (non-hydrogen) atoms. The van der Waals surface area contributed by atoms with E-state index in [-0.39, 0.29) is 11.9 Å². The van der Waals surface area contributed by atoms with Gasteiger partial charge in [0.15, 0.2) is 0 Å². The Morgan fingerprint density at radius 1 is 1.44 bits per heavy atom. The minimum absolute atomic E-state index is 0.0891. The molecule has 2 rings (SSSR count). The molecule has 2 heterocycles. The second-order valence-electron chi connectivity index (χ2n) is 5.45. The van der Waals surface area contributed by atoms with Gasteiger partial charge in [-0.05, 0) is 32.2 Å². The van der Waals surface area contributed by atoms with E-state index in [1.165, 1.54) is 0 Å². The summed E-state index contributed by atoms with van der Waals surface area (Å²) in [7, 11) is 0. The fraction of sp³-hybridized carbons (Fsp3) is 0.846. The standard InChI is InChI=1S/C13H22N2O3/c1-2-13(12(17)18)6-8-15(9-13)11(16)10-5-3-4-7-14-10/h10,14H,2-9H2,1H3,(H,17,18). The number of rotatable bonds is 3. The Bertz CT molecular complexity index is 339. The highest BCUT2D eigenvalue weighted by atomic mass is 16.4. The van der Waals surface area contributed by atoms with Crippen LogP contribution in [0.1, 0.15) is 39.0 Å². The smallest absolute Gasteiger partial charge is 0.311 e. The fourth-order valence-electron chi connectivity index (χ4n) is 2.96. The summed E-state index contributed by atoms with van der Waals surface area (Å²) in [6.45, 7) is 3.73. The molecule has 0 spiro atoms. The van der Waals surface area contributed by atoms with E-state index in [1.54, 1.807) is 4.90 Å². The van der Waals surface area contributed by atoms with Crippen molar-refractivity contribution in [3.8, 4) is 0 Å². The zero-order valence-electron chi connectivity index (χ0n) is 10.9. The largest absolute Gasteiger partial charge is 0.481 e. The topological polar surface area (TPSA) is 69.6 Å². The second-order valence-corrected chi connectivity index (χ2v) is 5.45. The lowest BCUT2D eigenvalue weighted by Crippen LogP contribution is -2.48. The van der Waals surface area contributed by atoms with Crippen LogP contribution in [0.4, 0.5) is 0 Å². The molecule has 2 saturated heterocycles. The third-order valence-corrected chi connectivity index (χ3v) is 4.40. The van der Waals surface area contributed by atoms with Gasteiger partial charge in [0.1, 0.15) is 0 Å². The Morgan fingerprint density at radius 2 is 2.22 bits per heavy atom. The van der Waals surface area contributed by atoms with Crippen molar-refractivity contribution in [1.82, 2.24) is 10.2 Å². The third-order valence-electron chi connectivity index (χ3n) is 4.40. The van der Waals surface area contributed by atoms with Crippen LogP contribution in [0.3, 0.4) is 0 Å². The average Bonchev–Trinajstić information content (AvgIpc) is 2.84. The molecule has 2 N–H and O–H groups in total. The number of likely N-dealkylation sites (tertiary alicyclic amines) is 1. The van der Waals surface area contributed by atoms with Gasteiger partial charge in [0.25, 0.3) is 0 Å². The lowest BCUT2D eigenvalue weighted by atomic mass is 9.84.